The van der Waals surface area contributed by atoms with Crippen LogP contribution in [-0.2, 0) is 10.0 Å². The fourth-order valence-electron chi connectivity index (χ4n) is 1.99. The Bertz CT molecular complexity index is 677. The lowest BCUT2D eigenvalue weighted by molar-refractivity contribution is -0.385. The molecule has 1 aromatic rings. The van der Waals surface area contributed by atoms with Crippen LogP contribution >= 0.6 is 0 Å². The van der Waals surface area contributed by atoms with Crippen LogP contribution in [-0.4, -0.2) is 19.4 Å². The SMILES string of the molecule is Cc1c(F)cc(S(=O)(=O)NC2CC=CC2)cc1[N+](=O)[O-]. The van der Waals surface area contributed by atoms with Crippen molar-refractivity contribution in [2.24, 2.45) is 0 Å². The molecule has 0 aliphatic heterocycles. The third-order valence-corrected chi connectivity index (χ3v) is 4.63. The van der Waals surface area contributed by atoms with Crippen LogP contribution < -0.4 is 4.72 Å². The van der Waals surface area contributed by atoms with Gasteiger partial charge in [0.25, 0.3) is 5.69 Å². The summed E-state index contributed by atoms with van der Waals surface area (Å²) in [4.78, 5) is 9.58. The second-order valence-corrected chi connectivity index (χ2v) is 6.28. The van der Waals surface area contributed by atoms with E-state index in [2.05, 4.69) is 4.72 Å². The maximum absolute atomic E-state index is 13.6. The minimum Gasteiger partial charge on any atom is -0.258 e. The van der Waals surface area contributed by atoms with Crippen molar-refractivity contribution in [2.45, 2.75) is 30.7 Å². The topological polar surface area (TPSA) is 89.3 Å². The molecule has 0 saturated heterocycles. The van der Waals surface area contributed by atoms with Crippen LogP contribution in [0.1, 0.15) is 18.4 Å². The van der Waals surface area contributed by atoms with Gasteiger partial charge in [-0.25, -0.2) is 17.5 Å². The normalized spacial score (nSPS) is 15.7. The Morgan fingerprint density at radius 3 is 2.50 bits per heavy atom. The number of hydrogen-bond donors (Lipinski definition) is 1. The standard InChI is InChI=1S/C12H13FN2O4S/c1-8-11(13)6-10(7-12(8)15(16)17)20(18,19)14-9-4-2-3-5-9/h2-3,6-7,9,14H,4-5H2,1H3. The summed E-state index contributed by atoms with van der Waals surface area (Å²) >= 11 is 0. The van der Waals surface area contributed by atoms with Crippen molar-refractivity contribution in [1.82, 2.24) is 4.72 Å². The number of nitrogens with zero attached hydrogens (tertiary/aromatic N) is 1. The van der Waals surface area contributed by atoms with Gasteiger partial charge in [0.15, 0.2) is 0 Å². The average molecular weight is 300 g/mol. The Kier molecular flexibility index (Phi) is 3.87. The summed E-state index contributed by atoms with van der Waals surface area (Å²) in [7, 11) is -3.97. The van der Waals surface area contributed by atoms with E-state index < -0.39 is 31.3 Å². The van der Waals surface area contributed by atoms with E-state index in [1.165, 1.54) is 6.92 Å². The average Bonchev–Trinajstić information content (AvgIpc) is 2.83. The second-order valence-electron chi connectivity index (χ2n) is 4.57. The zero-order valence-electron chi connectivity index (χ0n) is 10.7. The predicted molar refractivity (Wildman–Crippen MR) is 70.3 cm³/mol. The highest BCUT2D eigenvalue weighted by Gasteiger charge is 2.25. The third-order valence-electron chi connectivity index (χ3n) is 3.13. The minimum absolute atomic E-state index is 0.184. The number of benzene rings is 1. The summed E-state index contributed by atoms with van der Waals surface area (Å²) in [5.41, 5.74) is -0.730. The molecule has 2 rings (SSSR count). The number of rotatable bonds is 4. The van der Waals surface area contributed by atoms with Gasteiger partial charge in [0.2, 0.25) is 10.0 Å². The quantitative estimate of drug-likeness (QED) is 0.523. The van der Waals surface area contributed by atoms with Crippen LogP contribution in [0.25, 0.3) is 0 Å². The summed E-state index contributed by atoms with van der Waals surface area (Å²) in [5.74, 6) is -0.913. The molecule has 20 heavy (non-hydrogen) atoms. The molecule has 0 unspecified atom stereocenters. The second kappa shape index (κ2) is 5.29. The monoisotopic (exact) mass is 300 g/mol. The molecule has 8 heteroatoms. The van der Waals surface area contributed by atoms with Crippen molar-refractivity contribution in [3.8, 4) is 0 Å². The van der Waals surface area contributed by atoms with E-state index in [1.54, 1.807) is 0 Å². The number of halogens is 1. The molecular weight excluding hydrogens is 287 g/mol. The first-order valence-corrected chi connectivity index (χ1v) is 7.41. The van der Waals surface area contributed by atoms with Gasteiger partial charge in [0.1, 0.15) is 5.82 Å². The number of sulfonamides is 1. The first kappa shape index (κ1) is 14.6. The maximum Gasteiger partial charge on any atom is 0.276 e. The maximum atomic E-state index is 13.6. The largest absolute Gasteiger partial charge is 0.276 e. The molecule has 0 saturated carbocycles. The third kappa shape index (κ3) is 2.86. The van der Waals surface area contributed by atoms with E-state index >= 15 is 0 Å². The van der Waals surface area contributed by atoms with Crippen LogP contribution in [0.3, 0.4) is 0 Å². The Morgan fingerprint density at radius 2 is 1.95 bits per heavy atom. The van der Waals surface area contributed by atoms with Gasteiger partial charge in [-0.05, 0) is 25.8 Å². The molecule has 0 radical (unpaired) electrons. The van der Waals surface area contributed by atoms with E-state index in [0.717, 1.165) is 12.1 Å². The van der Waals surface area contributed by atoms with Crippen molar-refractivity contribution in [1.29, 1.82) is 0 Å². The lowest BCUT2D eigenvalue weighted by Gasteiger charge is -2.13. The highest BCUT2D eigenvalue weighted by molar-refractivity contribution is 7.89. The molecule has 1 aliphatic rings. The van der Waals surface area contributed by atoms with Crippen LogP contribution in [0.2, 0.25) is 0 Å². The Morgan fingerprint density at radius 1 is 1.35 bits per heavy atom. The van der Waals surface area contributed by atoms with Gasteiger partial charge < -0.3 is 0 Å². The number of nitrogens with one attached hydrogen (secondary N) is 1. The first-order chi connectivity index (χ1) is 9.31. The molecule has 1 aromatic carbocycles. The van der Waals surface area contributed by atoms with Crippen LogP contribution in [0.5, 0.6) is 0 Å². The van der Waals surface area contributed by atoms with Gasteiger partial charge in [-0.15, -0.1) is 0 Å². The van der Waals surface area contributed by atoms with Crippen molar-refractivity contribution in [3.63, 3.8) is 0 Å². The molecule has 0 amide bonds. The van der Waals surface area contributed by atoms with Crippen LogP contribution in [0.15, 0.2) is 29.2 Å². The van der Waals surface area contributed by atoms with Crippen molar-refractivity contribution in [3.05, 3.63) is 45.8 Å². The van der Waals surface area contributed by atoms with Gasteiger partial charge in [0.05, 0.1) is 15.4 Å². The highest BCUT2D eigenvalue weighted by atomic mass is 32.2. The summed E-state index contributed by atoms with van der Waals surface area (Å²) in [6, 6.07) is 1.39. The fraction of sp³-hybridized carbons (Fsp3) is 0.333. The first-order valence-electron chi connectivity index (χ1n) is 5.93. The molecule has 0 bridgehead atoms. The highest BCUT2D eigenvalue weighted by Crippen LogP contribution is 2.26. The van der Waals surface area contributed by atoms with E-state index in [9.17, 15) is 22.9 Å². The molecule has 0 fully saturated rings. The van der Waals surface area contributed by atoms with E-state index in [1.807, 2.05) is 12.2 Å². The summed E-state index contributed by atoms with van der Waals surface area (Å²) < 4.78 is 40.2. The molecule has 0 atom stereocenters. The zero-order valence-corrected chi connectivity index (χ0v) is 11.5. The molecule has 108 valence electrons. The van der Waals surface area contributed by atoms with E-state index in [-0.39, 0.29) is 11.6 Å². The van der Waals surface area contributed by atoms with Crippen molar-refractivity contribution >= 4 is 15.7 Å². The van der Waals surface area contributed by atoms with Crippen molar-refractivity contribution in [2.75, 3.05) is 0 Å². The lowest BCUT2D eigenvalue weighted by atomic mass is 10.2. The van der Waals surface area contributed by atoms with Gasteiger partial charge in [-0.2, -0.15) is 0 Å². The molecule has 6 nitrogen and oxygen atoms in total. The molecule has 0 spiro atoms. The Hall–Kier alpha value is -1.80. The van der Waals surface area contributed by atoms with Crippen LogP contribution in [0.4, 0.5) is 10.1 Å². The van der Waals surface area contributed by atoms with Gasteiger partial charge in [0, 0.05) is 12.1 Å². The zero-order chi connectivity index (χ0) is 14.9. The molecule has 0 heterocycles. The van der Waals surface area contributed by atoms with E-state index in [0.29, 0.717) is 12.8 Å². The molecule has 1 N–H and O–H groups in total. The van der Waals surface area contributed by atoms with Crippen molar-refractivity contribution < 1.29 is 17.7 Å². The molecular formula is C12H13FN2O4S. The Labute approximate surface area is 115 Å². The smallest absolute Gasteiger partial charge is 0.258 e. The molecule has 1 aliphatic carbocycles. The van der Waals surface area contributed by atoms with E-state index in [4.69, 9.17) is 0 Å². The van der Waals surface area contributed by atoms with Gasteiger partial charge in [-0.1, -0.05) is 12.2 Å². The minimum atomic E-state index is -3.97. The van der Waals surface area contributed by atoms with Crippen LogP contribution in [0, 0.1) is 22.9 Å². The van der Waals surface area contributed by atoms with Gasteiger partial charge >= 0.3 is 0 Å². The molecule has 0 aromatic heterocycles. The van der Waals surface area contributed by atoms with Gasteiger partial charge in [-0.3, -0.25) is 10.1 Å². The number of nitro benzene ring substituents is 1. The summed E-state index contributed by atoms with van der Waals surface area (Å²) in [6.07, 6.45) is 4.78. The Balaban J connectivity index is 2.38. The fourth-order valence-corrected chi connectivity index (χ4v) is 3.28. The predicted octanol–water partition coefficient (Wildman–Crippen LogP) is 2.04. The lowest BCUT2D eigenvalue weighted by Crippen LogP contribution is -2.33. The number of hydrogen-bond acceptors (Lipinski definition) is 4. The summed E-state index contributed by atoms with van der Waals surface area (Å²) in [6.45, 7) is 1.23. The summed E-state index contributed by atoms with van der Waals surface area (Å²) in [5, 5.41) is 10.8. The number of nitro groups is 1.